The molecular formula is C14H28N2O. The lowest BCUT2D eigenvalue weighted by Crippen LogP contribution is -2.37. The van der Waals surface area contributed by atoms with Crippen LogP contribution in [0.1, 0.15) is 53.4 Å². The second-order valence-corrected chi connectivity index (χ2v) is 4.59. The van der Waals surface area contributed by atoms with Crippen molar-refractivity contribution in [2.75, 3.05) is 13.1 Å². The molecule has 0 aromatic heterocycles. The lowest BCUT2D eigenvalue weighted by Gasteiger charge is -2.18. The van der Waals surface area contributed by atoms with Crippen LogP contribution in [0.4, 0.5) is 0 Å². The number of unbranched alkanes of at least 4 members (excludes halogenated alkanes) is 1. The topological polar surface area (TPSA) is 41.1 Å². The molecule has 0 bridgehead atoms. The molecule has 3 heteroatoms. The molecular weight excluding hydrogens is 212 g/mol. The SMILES string of the molecule is CCCCNC(CCC)CN/C=C(\C)C(C)=O. The van der Waals surface area contributed by atoms with Crippen LogP contribution in [0.2, 0.25) is 0 Å². The molecule has 1 unspecified atom stereocenters. The van der Waals surface area contributed by atoms with Crippen molar-refractivity contribution < 1.29 is 4.79 Å². The smallest absolute Gasteiger partial charge is 0.156 e. The normalized spacial score (nSPS) is 13.5. The summed E-state index contributed by atoms with van der Waals surface area (Å²) in [6.07, 6.45) is 6.63. The van der Waals surface area contributed by atoms with Gasteiger partial charge in [0.15, 0.2) is 5.78 Å². The maximum absolute atomic E-state index is 11.0. The standard InChI is InChI=1S/C14H28N2O/c1-5-7-9-16-14(8-6-2)11-15-10-12(3)13(4)17/h10,14-16H,5-9,11H2,1-4H3/b12-10+. The fourth-order valence-corrected chi connectivity index (χ4v) is 1.56. The molecule has 0 fully saturated rings. The van der Waals surface area contributed by atoms with Crippen LogP contribution in [-0.2, 0) is 4.79 Å². The van der Waals surface area contributed by atoms with Gasteiger partial charge in [0.05, 0.1) is 0 Å². The van der Waals surface area contributed by atoms with Crippen LogP contribution in [0.25, 0.3) is 0 Å². The largest absolute Gasteiger partial charge is 0.389 e. The molecule has 0 radical (unpaired) electrons. The van der Waals surface area contributed by atoms with Crippen molar-refractivity contribution in [3.05, 3.63) is 11.8 Å². The van der Waals surface area contributed by atoms with E-state index in [9.17, 15) is 4.79 Å². The Labute approximate surface area is 106 Å². The first kappa shape index (κ1) is 16.2. The fraction of sp³-hybridized carbons (Fsp3) is 0.786. The lowest BCUT2D eigenvalue weighted by molar-refractivity contribution is -0.113. The second kappa shape index (κ2) is 10.3. The molecule has 0 heterocycles. The maximum Gasteiger partial charge on any atom is 0.156 e. The van der Waals surface area contributed by atoms with E-state index in [-0.39, 0.29) is 5.78 Å². The van der Waals surface area contributed by atoms with Crippen LogP contribution >= 0.6 is 0 Å². The van der Waals surface area contributed by atoms with Gasteiger partial charge in [-0.25, -0.2) is 0 Å². The summed E-state index contributed by atoms with van der Waals surface area (Å²) in [5.41, 5.74) is 0.786. The minimum absolute atomic E-state index is 0.128. The Morgan fingerprint density at radius 2 is 1.94 bits per heavy atom. The highest BCUT2D eigenvalue weighted by Crippen LogP contribution is 1.97. The summed E-state index contributed by atoms with van der Waals surface area (Å²) in [5, 5.41) is 6.78. The predicted molar refractivity (Wildman–Crippen MR) is 74.0 cm³/mol. The molecule has 3 nitrogen and oxygen atoms in total. The van der Waals surface area contributed by atoms with E-state index in [1.54, 1.807) is 6.92 Å². The molecule has 2 N–H and O–H groups in total. The summed E-state index contributed by atoms with van der Waals surface area (Å²) < 4.78 is 0. The number of rotatable bonds is 10. The third-order valence-electron chi connectivity index (χ3n) is 2.84. The van der Waals surface area contributed by atoms with Gasteiger partial charge >= 0.3 is 0 Å². The summed E-state index contributed by atoms with van der Waals surface area (Å²) in [7, 11) is 0. The van der Waals surface area contributed by atoms with Crippen molar-refractivity contribution in [2.24, 2.45) is 0 Å². The number of nitrogens with one attached hydrogen (secondary N) is 2. The maximum atomic E-state index is 11.0. The fourth-order valence-electron chi connectivity index (χ4n) is 1.56. The lowest BCUT2D eigenvalue weighted by atomic mass is 10.1. The van der Waals surface area contributed by atoms with Gasteiger partial charge in [-0.15, -0.1) is 0 Å². The zero-order chi connectivity index (χ0) is 13.1. The average Bonchev–Trinajstić information content (AvgIpc) is 2.29. The zero-order valence-electron chi connectivity index (χ0n) is 11.8. The van der Waals surface area contributed by atoms with E-state index in [4.69, 9.17) is 0 Å². The molecule has 0 saturated carbocycles. The Balaban J connectivity index is 3.91. The van der Waals surface area contributed by atoms with Crippen molar-refractivity contribution in [1.82, 2.24) is 10.6 Å². The molecule has 0 aliphatic carbocycles. The zero-order valence-corrected chi connectivity index (χ0v) is 11.8. The molecule has 1 atom stereocenters. The van der Waals surface area contributed by atoms with Crippen molar-refractivity contribution in [1.29, 1.82) is 0 Å². The third-order valence-corrected chi connectivity index (χ3v) is 2.84. The quantitative estimate of drug-likeness (QED) is 0.455. The number of hydrogen-bond donors (Lipinski definition) is 2. The van der Waals surface area contributed by atoms with Crippen molar-refractivity contribution >= 4 is 5.78 Å². The molecule has 0 aliphatic heterocycles. The van der Waals surface area contributed by atoms with Gasteiger partial charge in [0, 0.05) is 24.4 Å². The van der Waals surface area contributed by atoms with Gasteiger partial charge in [0.2, 0.25) is 0 Å². The molecule has 0 spiro atoms. The Morgan fingerprint density at radius 1 is 1.24 bits per heavy atom. The van der Waals surface area contributed by atoms with Gasteiger partial charge < -0.3 is 10.6 Å². The number of allylic oxidation sites excluding steroid dienone is 1. The van der Waals surface area contributed by atoms with E-state index in [1.807, 2.05) is 13.1 Å². The van der Waals surface area contributed by atoms with Gasteiger partial charge in [-0.3, -0.25) is 4.79 Å². The summed E-state index contributed by atoms with van der Waals surface area (Å²) in [4.78, 5) is 11.0. The second-order valence-electron chi connectivity index (χ2n) is 4.59. The number of hydrogen-bond acceptors (Lipinski definition) is 3. The van der Waals surface area contributed by atoms with Crippen molar-refractivity contribution in [3.63, 3.8) is 0 Å². The van der Waals surface area contributed by atoms with E-state index in [0.29, 0.717) is 6.04 Å². The van der Waals surface area contributed by atoms with E-state index in [2.05, 4.69) is 24.5 Å². The Morgan fingerprint density at radius 3 is 2.47 bits per heavy atom. The molecule has 100 valence electrons. The molecule has 0 aromatic rings. The molecule has 0 saturated heterocycles. The Bertz CT molecular complexity index is 236. The van der Waals surface area contributed by atoms with Crippen LogP contribution in [0, 0.1) is 0 Å². The summed E-state index contributed by atoms with van der Waals surface area (Å²) in [6.45, 7) is 9.81. The first-order chi connectivity index (χ1) is 8.11. The van der Waals surface area contributed by atoms with E-state index < -0.39 is 0 Å². The van der Waals surface area contributed by atoms with Crippen LogP contribution in [0.5, 0.6) is 0 Å². The highest BCUT2D eigenvalue weighted by molar-refractivity contribution is 5.92. The molecule has 0 amide bonds. The van der Waals surface area contributed by atoms with Gasteiger partial charge in [-0.2, -0.15) is 0 Å². The summed E-state index contributed by atoms with van der Waals surface area (Å²) in [6, 6.07) is 0.502. The monoisotopic (exact) mass is 240 g/mol. The van der Waals surface area contributed by atoms with Crippen LogP contribution in [0.3, 0.4) is 0 Å². The first-order valence-corrected chi connectivity index (χ1v) is 6.76. The van der Waals surface area contributed by atoms with E-state index in [1.165, 1.54) is 25.7 Å². The van der Waals surface area contributed by atoms with E-state index in [0.717, 1.165) is 18.7 Å². The minimum Gasteiger partial charge on any atom is -0.389 e. The summed E-state index contributed by atoms with van der Waals surface area (Å²) in [5.74, 6) is 0.128. The minimum atomic E-state index is 0.128. The summed E-state index contributed by atoms with van der Waals surface area (Å²) >= 11 is 0. The Kier molecular flexibility index (Phi) is 9.83. The highest BCUT2D eigenvalue weighted by atomic mass is 16.1. The molecule has 0 rings (SSSR count). The van der Waals surface area contributed by atoms with Gasteiger partial charge in [-0.1, -0.05) is 26.7 Å². The van der Waals surface area contributed by atoms with Crippen LogP contribution in [-0.4, -0.2) is 24.9 Å². The van der Waals surface area contributed by atoms with Crippen LogP contribution in [0.15, 0.2) is 11.8 Å². The predicted octanol–water partition coefficient (Wildman–Crippen LogP) is 2.63. The first-order valence-electron chi connectivity index (χ1n) is 6.76. The highest BCUT2D eigenvalue weighted by Gasteiger charge is 2.05. The van der Waals surface area contributed by atoms with Crippen molar-refractivity contribution in [2.45, 2.75) is 59.4 Å². The van der Waals surface area contributed by atoms with Gasteiger partial charge in [0.25, 0.3) is 0 Å². The van der Waals surface area contributed by atoms with Gasteiger partial charge in [-0.05, 0) is 33.2 Å². The molecule has 17 heavy (non-hydrogen) atoms. The Hall–Kier alpha value is -0.830. The molecule has 0 aliphatic rings. The molecule has 0 aromatic carbocycles. The number of carbonyl (C=O) groups excluding carboxylic acids is 1. The van der Waals surface area contributed by atoms with Crippen LogP contribution < -0.4 is 10.6 Å². The van der Waals surface area contributed by atoms with Gasteiger partial charge in [0.1, 0.15) is 0 Å². The average molecular weight is 240 g/mol. The number of carbonyl (C=O) groups is 1. The van der Waals surface area contributed by atoms with Crippen molar-refractivity contribution in [3.8, 4) is 0 Å². The third kappa shape index (κ3) is 8.93. The van der Waals surface area contributed by atoms with E-state index >= 15 is 0 Å². The number of Topliss-reactive ketones (excluding diaryl/α,β-unsaturated/α-hetero) is 1. The number of ketones is 1.